The molecule has 1 saturated heterocycles. The van der Waals surface area contributed by atoms with Crippen LogP contribution in [0.5, 0.6) is 0 Å². The molecule has 0 aromatic carbocycles. The van der Waals surface area contributed by atoms with Gasteiger partial charge in [-0.05, 0) is 50.6 Å². The van der Waals surface area contributed by atoms with Gasteiger partial charge in [0.2, 0.25) is 5.91 Å². The SMILES string of the molecule is CC[C@]1(C)C[C@@H]1C(=O)N1CCC[C@@H](CNC)C1. The van der Waals surface area contributed by atoms with Crippen LogP contribution in [-0.4, -0.2) is 37.5 Å². The first-order chi connectivity index (χ1) is 8.10. The number of piperidine rings is 1. The number of nitrogens with one attached hydrogen (secondary N) is 1. The summed E-state index contributed by atoms with van der Waals surface area (Å²) in [6.07, 6.45) is 4.68. The summed E-state index contributed by atoms with van der Waals surface area (Å²) >= 11 is 0. The van der Waals surface area contributed by atoms with E-state index in [1.54, 1.807) is 0 Å². The first-order valence-corrected chi connectivity index (χ1v) is 7.04. The summed E-state index contributed by atoms with van der Waals surface area (Å²) in [6.45, 7) is 7.45. The smallest absolute Gasteiger partial charge is 0.226 e. The van der Waals surface area contributed by atoms with Crippen LogP contribution >= 0.6 is 0 Å². The van der Waals surface area contributed by atoms with E-state index in [1.807, 2.05) is 7.05 Å². The van der Waals surface area contributed by atoms with Gasteiger partial charge in [-0.1, -0.05) is 13.8 Å². The zero-order valence-corrected chi connectivity index (χ0v) is 11.5. The Morgan fingerprint density at radius 1 is 1.53 bits per heavy atom. The van der Waals surface area contributed by atoms with E-state index >= 15 is 0 Å². The molecule has 2 rings (SSSR count). The van der Waals surface area contributed by atoms with Gasteiger partial charge in [0, 0.05) is 19.0 Å². The van der Waals surface area contributed by atoms with Crippen LogP contribution in [0.1, 0.15) is 39.5 Å². The zero-order chi connectivity index (χ0) is 12.5. The zero-order valence-electron chi connectivity index (χ0n) is 11.5. The molecule has 2 aliphatic rings. The topological polar surface area (TPSA) is 32.3 Å². The van der Waals surface area contributed by atoms with Crippen LogP contribution in [0.25, 0.3) is 0 Å². The molecule has 0 bridgehead atoms. The molecule has 0 aromatic rings. The van der Waals surface area contributed by atoms with Crippen LogP contribution in [0.2, 0.25) is 0 Å². The molecule has 1 amide bonds. The number of carbonyl (C=O) groups excluding carboxylic acids is 1. The number of rotatable bonds is 4. The van der Waals surface area contributed by atoms with Crippen LogP contribution in [0.15, 0.2) is 0 Å². The number of likely N-dealkylation sites (tertiary alicyclic amines) is 1. The Kier molecular flexibility index (Phi) is 3.76. The minimum absolute atomic E-state index is 0.313. The van der Waals surface area contributed by atoms with E-state index in [2.05, 4.69) is 24.1 Å². The van der Waals surface area contributed by atoms with E-state index < -0.39 is 0 Å². The lowest BCUT2D eigenvalue weighted by molar-refractivity contribution is -0.135. The van der Waals surface area contributed by atoms with Crippen LogP contribution in [-0.2, 0) is 4.79 Å². The Hall–Kier alpha value is -0.570. The summed E-state index contributed by atoms with van der Waals surface area (Å²) in [5.41, 5.74) is 0.313. The molecule has 1 heterocycles. The van der Waals surface area contributed by atoms with E-state index in [-0.39, 0.29) is 0 Å². The van der Waals surface area contributed by atoms with Gasteiger partial charge in [-0.3, -0.25) is 4.79 Å². The summed E-state index contributed by atoms with van der Waals surface area (Å²) < 4.78 is 0. The van der Waals surface area contributed by atoms with Gasteiger partial charge < -0.3 is 10.2 Å². The maximum absolute atomic E-state index is 12.4. The Bertz CT molecular complexity index is 290. The van der Waals surface area contributed by atoms with Crippen molar-refractivity contribution in [2.75, 3.05) is 26.7 Å². The maximum atomic E-state index is 12.4. The normalized spacial score (nSPS) is 37.0. The summed E-state index contributed by atoms with van der Waals surface area (Å²) in [5.74, 6) is 1.40. The highest BCUT2D eigenvalue weighted by molar-refractivity contribution is 5.82. The fourth-order valence-corrected chi connectivity index (χ4v) is 3.12. The van der Waals surface area contributed by atoms with Crippen molar-refractivity contribution in [2.24, 2.45) is 17.3 Å². The highest BCUT2D eigenvalue weighted by Crippen LogP contribution is 2.55. The van der Waals surface area contributed by atoms with Crippen molar-refractivity contribution in [1.29, 1.82) is 0 Å². The lowest BCUT2D eigenvalue weighted by Gasteiger charge is -2.33. The Labute approximate surface area is 105 Å². The third-order valence-corrected chi connectivity index (χ3v) is 4.78. The molecular weight excluding hydrogens is 212 g/mol. The summed E-state index contributed by atoms with van der Waals surface area (Å²) in [5, 5.41) is 3.23. The average Bonchev–Trinajstić information content (AvgIpc) is 3.02. The van der Waals surface area contributed by atoms with Gasteiger partial charge in [0.05, 0.1) is 0 Å². The number of nitrogens with zero attached hydrogens (tertiary/aromatic N) is 1. The fraction of sp³-hybridized carbons (Fsp3) is 0.929. The second-order valence-corrected chi connectivity index (χ2v) is 6.11. The second kappa shape index (κ2) is 4.97. The van der Waals surface area contributed by atoms with Crippen molar-refractivity contribution in [3.63, 3.8) is 0 Å². The summed E-state index contributed by atoms with van der Waals surface area (Å²) in [7, 11) is 2.00. The quantitative estimate of drug-likeness (QED) is 0.811. The molecule has 1 aliphatic heterocycles. The van der Waals surface area contributed by atoms with Crippen molar-refractivity contribution >= 4 is 5.91 Å². The molecule has 3 atom stereocenters. The van der Waals surface area contributed by atoms with Gasteiger partial charge in [-0.15, -0.1) is 0 Å². The summed E-state index contributed by atoms with van der Waals surface area (Å²) in [4.78, 5) is 14.5. The van der Waals surface area contributed by atoms with Crippen LogP contribution in [0.4, 0.5) is 0 Å². The fourth-order valence-electron chi connectivity index (χ4n) is 3.12. The Morgan fingerprint density at radius 3 is 2.88 bits per heavy atom. The van der Waals surface area contributed by atoms with Gasteiger partial charge in [0.25, 0.3) is 0 Å². The molecule has 1 saturated carbocycles. The molecule has 0 radical (unpaired) electrons. The molecular formula is C14H26N2O. The lowest BCUT2D eigenvalue weighted by atomic mass is 9.96. The molecule has 1 aliphatic carbocycles. The van der Waals surface area contributed by atoms with Crippen molar-refractivity contribution in [3.8, 4) is 0 Å². The molecule has 3 heteroatoms. The van der Waals surface area contributed by atoms with Gasteiger partial charge >= 0.3 is 0 Å². The number of carbonyl (C=O) groups is 1. The minimum Gasteiger partial charge on any atom is -0.342 e. The Balaban J connectivity index is 1.88. The predicted molar refractivity (Wildman–Crippen MR) is 69.7 cm³/mol. The molecule has 1 N–H and O–H groups in total. The van der Waals surface area contributed by atoms with E-state index in [9.17, 15) is 4.79 Å². The third-order valence-electron chi connectivity index (χ3n) is 4.78. The predicted octanol–water partition coefficient (Wildman–Crippen LogP) is 1.88. The van der Waals surface area contributed by atoms with E-state index in [0.717, 1.165) is 32.5 Å². The van der Waals surface area contributed by atoms with Crippen molar-refractivity contribution in [1.82, 2.24) is 10.2 Å². The number of hydrogen-bond donors (Lipinski definition) is 1. The van der Waals surface area contributed by atoms with Crippen LogP contribution in [0.3, 0.4) is 0 Å². The monoisotopic (exact) mass is 238 g/mol. The van der Waals surface area contributed by atoms with E-state index in [0.29, 0.717) is 23.2 Å². The van der Waals surface area contributed by atoms with E-state index in [1.165, 1.54) is 12.8 Å². The molecule has 98 valence electrons. The van der Waals surface area contributed by atoms with Gasteiger partial charge in [-0.2, -0.15) is 0 Å². The minimum atomic E-state index is 0.313. The van der Waals surface area contributed by atoms with Crippen LogP contribution < -0.4 is 5.32 Å². The second-order valence-electron chi connectivity index (χ2n) is 6.11. The van der Waals surface area contributed by atoms with Gasteiger partial charge in [0.1, 0.15) is 0 Å². The van der Waals surface area contributed by atoms with Crippen molar-refractivity contribution in [2.45, 2.75) is 39.5 Å². The highest BCUT2D eigenvalue weighted by atomic mass is 16.2. The number of amides is 1. The lowest BCUT2D eigenvalue weighted by Crippen LogP contribution is -2.43. The molecule has 3 nitrogen and oxygen atoms in total. The number of hydrogen-bond acceptors (Lipinski definition) is 2. The van der Waals surface area contributed by atoms with E-state index in [4.69, 9.17) is 0 Å². The molecule has 2 fully saturated rings. The maximum Gasteiger partial charge on any atom is 0.226 e. The highest BCUT2D eigenvalue weighted by Gasteiger charge is 2.54. The largest absolute Gasteiger partial charge is 0.342 e. The van der Waals surface area contributed by atoms with Crippen molar-refractivity contribution in [3.05, 3.63) is 0 Å². The van der Waals surface area contributed by atoms with Crippen molar-refractivity contribution < 1.29 is 4.79 Å². The third kappa shape index (κ3) is 2.65. The van der Waals surface area contributed by atoms with Gasteiger partial charge in [0.15, 0.2) is 0 Å². The summed E-state index contributed by atoms with van der Waals surface area (Å²) in [6, 6.07) is 0. The first kappa shape index (κ1) is 12.9. The average molecular weight is 238 g/mol. The molecule has 0 spiro atoms. The molecule has 17 heavy (non-hydrogen) atoms. The van der Waals surface area contributed by atoms with Crippen LogP contribution in [0, 0.1) is 17.3 Å². The van der Waals surface area contributed by atoms with Gasteiger partial charge in [-0.25, -0.2) is 0 Å². The first-order valence-electron chi connectivity index (χ1n) is 7.04. The Morgan fingerprint density at radius 2 is 2.29 bits per heavy atom. The molecule has 0 aromatic heterocycles. The molecule has 0 unspecified atom stereocenters. The standard InChI is InChI=1S/C14H26N2O/c1-4-14(2)8-12(14)13(17)16-7-5-6-11(10-16)9-15-3/h11-12,15H,4-10H2,1-3H3/t11-,12+,14+/m0/s1.